The zero-order chi connectivity index (χ0) is 17.8. The number of rotatable bonds is 5. The van der Waals surface area contributed by atoms with Crippen molar-refractivity contribution in [1.29, 1.82) is 0 Å². The molecule has 1 N–H and O–H groups in total. The van der Waals surface area contributed by atoms with E-state index in [-0.39, 0.29) is 25.2 Å². The molecule has 2 aromatic carbocycles. The predicted octanol–water partition coefficient (Wildman–Crippen LogP) is 2.34. The topological polar surface area (TPSA) is 67.9 Å². The summed E-state index contributed by atoms with van der Waals surface area (Å²) in [4.78, 5) is 25.5. The fourth-order valence-electron chi connectivity index (χ4n) is 2.51. The van der Waals surface area contributed by atoms with E-state index < -0.39 is 5.82 Å². The molecule has 2 amide bonds. The lowest BCUT2D eigenvalue weighted by Crippen LogP contribution is -2.37. The van der Waals surface area contributed by atoms with E-state index >= 15 is 0 Å². The molecule has 0 aromatic heterocycles. The summed E-state index contributed by atoms with van der Waals surface area (Å²) in [7, 11) is 0. The molecule has 0 fully saturated rings. The Labute approximate surface area is 144 Å². The molecule has 0 radical (unpaired) electrons. The SMILES string of the molecule is CC(=O)N(CCNC(=O)c1ccc(F)cc1)c1ccc2c(c1)OCO2. The highest BCUT2D eigenvalue weighted by Crippen LogP contribution is 2.35. The van der Waals surface area contributed by atoms with Crippen LogP contribution in [0.2, 0.25) is 0 Å². The molecule has 0 aliphatic carbocycles. The van der Waals surface area contributed by atoms with Crippen LogP contribution in [0.3, 0.4) is 0 Å². The van der Waals surface area contributed by atoms with Crippen molar-refractivity contribution in [2.75, 3.05) is 24.8 Å². The number of hydrogen-bond donors (Lipinski definition) is 1. The Morgan fingerprint density at radius 2 is 1.84 bits per heavy atom. The number of nitrogens with one attached hydrogen (secondary N) is 1. The van der Waals surface area contributed by atoms with Crippen molar-refractivity contribution >= 4 is 17.5 Å². The average Bonchev–Trinajstić information content (AvgIpc) is 3.06. The van der Waals surface area contributed by atoms with Crippen LogP contribution in [0.4, 0.5) is 10.1 Å². The maximum Gasteiger partial charge on any atom is 0.251 e. The molecular formula is C18H17FN2O4. The number of halogens is 1. The fraction of sp³-hybridized carbons (Fsp3) is 0.222. The summed E-state index contributed by atoms with van der Waals surface area (Å²) in [5.41, 5.74) is 1.02. The Morgan fingerprint density at radius 3 is 2.56 bits per heavy atom. The van der Waals surface area contributed by atoms with Crippen LogP contribution < -0.4 is 19.7 Å². The van der Waals surface area contributed by atoms with E-state index in [1.54, 1.807) is 18.2 Å². The minimum Gasteiger partial charge on any atom is -0.454 e. The second kappa shape index (κ2) is 7.21. The van der Waals surface area contributed by atoms with Crippen LogP contribution in [-0.4, -0.2) is 31.7 Å². The number of amides is 2. The molecule has 0 unspecified atom stereocenters. The lowest BCUT2D eigenvalue weighted by atomic mass is 10.2. The van der Waals surface area contributed by atoms with Gasteiger partial charge in [-0.25, -0.2) is 4.39 Å². The highest BCUT2D eigenvalue weighted by atomic mass is 19.1. The van der Waals surface area contributed by atoms with Gasteiger partial charge in [0.25, 0.3) is 5.91 Å². The maximum atomic E-state index is 12.9. The fourth-order valence-corrected chi connectivity index (χ4v) is 2.51. The first-order valence-corrected chi connectivity index (χ1v) is 7.76. The standard InChI is InChI=1S/C18H17FN2O4/c1-12(22)21(15-6-7-16-17(10-15)25-11-24-16)9-8-20-18(23)13-2-4-14(19)5-3-13/h2-7,10H,8-9,11H2,1H3,(H,20,23). The van der Waals surface area contributed by atoms with E-state index in [2.05, 4.69) is 5.32 Å². The molecule has 3 rings (SSSR count). The summed E-state index contributed by atoms with van der Waals surface area (Å²) >= 11 is 0. The molecule has 1 aliphatic rings. The molecule has 130 valence electrons. The lowest BCUT2D eigenvalue weighted by Gasteiger charge is -2.21. The van der Waals surface area contributed by atoms with Crippen LogP contribution >= 0.6 is 0 Å². The van der Waals surface area contributed by atoms with Crippen LogP contribution in [0.25, 0.3) is 0 Å². The Kier molecular flexibility index (Phi) is 4.83. The molecule has 1 aliphatic heterocycles. The largest absolute Gasteiger partial charge is 0.454 e. The number of carbonyl (C=O) groups is 2. The summed E-state index contributed by atoms with van der Waals surface area (Å²) in [6.45, 7) is 2.16. The molecule has 0 spiro atoms. The van der Waals surface area contributed by atoms with Crippen molar-refractivity contribution in [3.8, 4) is 11.5 Å². The zero-order valence-corrected chi connectivity index (χ0v) is 13.6. The van der Waals surface area contributed by atoms with Crippen molar-refractivity contribution in [2.45, 2.75) is 6.92 Å². The third kappa shape index (κ3) is 3.88. The van der Waals surface area contributed by atoms with E-state index in [4.69, 9.17) is 9.47 Å². The van der Waals surface area contributed by atoms with Gasteiger partial charge >= 0.3 is 0 Å². The number of fused-ring (bicyclic) bond motifs is 1. The molecule has 7 heteroatoms. The second-order valence-electron chi connectivity index (χ2n) is 5.47. The van der Waals surface area contributed by atoms with E-state index in [0.717, 1.165) is 0 Å². The quantitative estimate of drug-likeness (QED) is 0.904. The lowest BCUT2D eigenvalue weighted by molar-refractivity contribution is -0.116. The van der Waals surface area contributed by atoms with Crippen LogP contribution in [0, 0.1) is 5.82 Å². The highest BCUT2D eigenvalue weighted by molar-refractivity contribution is 5.94. The number of benzene rings is 2. The van der Waals surface area contributed by atoms with E-state index in [1.165, 1.54) is 36.1 Å². The Balaban J connectivity index is 1.62. The average molecular weight is 344 g/mol. The van der Waals surface area contributed by atoms with E-state index in [9.17, 15) is 14.0 Å². The summed E-state index contributed by atoms with van der Waals surface area (Å²) in [5.74, 6) is 0.335. The number of nitrogens with zero attached hydrogens (tertiary/aromatic N) is 1. The van der Waals surface area contributed by atoms with Gasteiger partial charge in [-0.05, 0) is 36.4 Å². The number of ether oxygens (including phenoxy) is 2. The maximum absolute atomic E-state index is 12.9. The first-order valence-electron chi connectivity index (χ1n) is 7.76. The number of carbonyl (C=O) groups excluding carboxylic acids is 2. The summed E-state index contributed by atoms with van der Waals surface area (Å²) in [5, 5.41) is 2.71. The van der Waals surface area contributed by atoms with Gasteiger partial charge in [0.1, 0.15) is 5.82 Å². The molecular weight excluding hydrogens is 327 g/mol. The van der Waals surface area contributed by atoms with Crippen molar-refractivity contribution < 1.29 is 23.5 Å². The third-order valence-electron chi connectivity index (χ3n) is 3.78. The molecule has 0 saturated heterocycles. The number of hydrogen-bond acceptors (Lipinski definition) is 4. The van der Waals surface area contributed by atoms with Gasteiger partial charge in [0.15, 0.2) is 11.5 Å². The minimum absolute atomic E-state index is 0.158. The van der Waals surface area contributed by atoms with Crippen molar-refractivity contribution in [1.82, 2.24) is 5.32 Å². The Bertz CT molecular complexity index is 792. The molecule has 2 aromatic rings. The van der Waals surface area contributed by atoms with Gasteiger partial charge in [0.2, 0.25) is 12.7 Å². The van der Waals surface area contributed by atoms with Gasteiger partial charge in [0, 0.05) is 37.3 Å². The molecule has 0 bridgehead atoms. The van der Waals surface area contributed by atoms with Crippen LogP contribution in [0.1, 0.15) is 17.3 Å². The number of anilines is 1. The summed E-state index contributed by atoms with van der Waals surface area (Å²) in [6, 6.07) is 10.5. The third-order valence-corrected chi connectivity index (χ3v) is 3.78. The second-order valence-corrected chi connectivity index (χ2v) is 5.47. The minimum atomic E-state index is -0.401. The van der Waals surface area contributed by atoms with E-state index in [1.807, 2.05) is 0 Å². The molecule has 0 atom stereocenters. The molecule has 25 heavy (non-hydrogen) atoms. The monoisotopic (exact) mass is 344 g/mol. The van der Waals surface area contributed by atoms with Crippen molar-refractivity contribution in [3.63, 3.8) is 0 Å². The Hall–Kier alpha value is -3.09. The molecule has 0 saturated carbocycles. The molecule has 6 nitrogen and oxygen atoms in total. The Morgan fingerprint density at radius 1 is 1.12 bits per heavy atom. The van der Waals surface area contributed by atoms with Gasteiger partial charge in [-0.1, -0.05) is 0 Å². The van der Waals surface area contributed by atoms with Crippen LogP contribution in [0.15, 0.2) is 42.5 Å². The van der Waals surface area contributed by atoms with E-state index in [0.29, 0.717) is 29.3 Å². The summed E-state index contributed by atoms with van der Waals surface area (Å²) < 4.78 is 23.5. The zero-order valence-electron chi connectivity index (χ0n) is 13.6. The summed E-state index contributed by atoms with van der Waals surface area (Å²) in [6.07, 6.45) is 0. The predicted molar refractivity (Wildman–Crippen MR) is 89.3 cm³/mol. The highest BCUT2D eigenvalue weighted by Gasteiger charge is 2.18. The normalized spacial score (nSPS) is 11.9. The van der Waals surface area contributed by atoms with Crippen molar-refractivity contribution in [2.24, 2.45) is 0 Å². The van der Waals surface area contributed by atoms with Gasteiger partial charge in [-0.15, -0.1) is 0 Å². The molecule has 1 heterocycles. The smallest absolute Gasteiger partial charge is 0.251 e. The van der Waals surface area contributed by atoms with Gasteiger partial charge in [-0.3, -0.25) is 9.59 Å². The van der Waals surface area contributed by atoms with Gasteiger partial charge in [-0.2, -0.15) is 0 Å². The van der Waals surface area contributed by atoms with Gasteiger partial charge in [0.05, 0.1) is 0 Å². The van der Waals surface area contributed by atoms with Crippen LogP contribution in [0.5, 0.6) is 11.5 Å². The van der Waals surface area contributed by atoms with Gasteiger partial charge < -0.3 is 19.7 Å². The van der Waals surface area contributed by atoms with Crippen molar-refractivity contribution in [3.05, 3.63) is 53.8 Å². The van der Waals surface area contributed by atoms with Crippen LogP contribution in [-0.2, 0) is 4.79 Å². The first kappa shape index (κ1) is 16.8. The first-order chi connectivity index (χ1) is 12.0.